The van der Waals surface area contributed by atoms with Gasteiger partial charge in [-0.3, -0.25) is 4.79 Å². The van der Waals surface area contributed by atoms with Crippen molar-refractivity contribution in [3.63, 3.8) is 0 Å². The molecule has 6 heteroatoms. The maximum Gasteiger partial charge on any atom is 0.231 e. The van der Waals surface area contributed by atoms with Gasteiger partial charge in [-0.1, -0.05) is 11.6 Å². The summed E-state index contributed by atoms with van der Waals surface area (Å²) in [6, 6.07) is 9.25. The molecule has 0 spiro atoms. The molecule has 24 heavy (non-hydrogen) atoms. The number of benzene rings is 2. The molecule has 0 fully saturated rings. The van der Waals surface area contributed by atoms with Crippen LogP contribution in [0.2, 0.25) is 5.02 Å². The minimum atomic E-state index is -0.150. The monoisotopic (exact) mass is 345 g/mol. The summed E-state index contributed by atoms with van der Waals surface area (Å²) in [7, 11) is 0. The largest absolute Gasteiger partial charge is 0.494 e. The van der Waals surface area contributed by atoms with Gasteiger partial charge >= 0.3 is 0 Å². The third-order valence-corrected chi connectivity index (χ3v) is 4.47. The molecule has 2 aliphatic heterocycles. The van der Waals surface area contributed by atoms with E-state index >= 15 is 0 Å². The number of fused-ring (bicyclic) bond motifs is 2. The van der Waals surface area contributed by atoms with Crippen LogP contribution in [-0.4, -0.2) is 19.3 Å². The summed E-state index contributed by atoms with van der Waals surface area (Å²) >= 11 is 6.19. The molecular formula is C18H16ClNO4. The van der Waals surface area contributed by atoms with E-state index in [4.69, 9.17) is 25.8 Å². The van der Waals surface area contributed by atoms with E-state index in [-0.39, 0.29) is 18.6 Å². The molecule has 1 amide bonds. The Morgan fingerprint density at radius 3 is 2.79 bits per heavy atom. The normalized spacial score (nSPS) is 18.1. The molecule has 0 aromatic heterocycles. The zero-order valence-corrected chi connectivity index (χ0v) is 13.9. The zero-order chi connectivity index (χ0) is 16.7. The molecule has 0 unspecified atom stereocenters. The molecule has 1 N–H and O–H groups in total. The van der Waals surface area contributed by atoms with Crippen molar-refractivity contribution in [1.29, 1.82) is 0 Å². The van der Waals surface area contributed by atoms with E-state index in [1.807, 2.05) is 31.2 Å². The summed E-state index contributed by atoms with van der Waals surface area (Å²) in [4.78, 5) is 12.2. The van der Waals surface area contributed by atoms with Crippen LogP contribution in [-0.2, 0) is 4.79 Å². The molecule has 2 heterocycles. The molecule has 5 nitrogen and oxygen atoms in total. The number of nitrogens with one attached hydrogen (secondary N) is 1. The van der Waals surface area contributed by atoms with Crippen molar-refractivity contribution in [2.45, 2.75) is 19.3 Å². The predicted molar refractivity (Wildman–Crippen MR) is 90.3 cm³/mol. The second-order valence-corrected chi connectivity index (χ2v) is 6.15. The molecule has 2 aromatic carbocycles. The number of ether oxygens (including phenoxy) is 3. The summed E-state index contributed by atoms with van der Waals surface area (Å²) in [5.74, 6) is 1.88. The van der Waals surface area contributed by atoms with Crippen molar-refractivity contribution in [2.24, 2.45) is 0 Å². The Bertz CT molecular complexity index is 821. The third-order valence-electron chi connectivity index (χ3n) is 4.23. The first-order valence-corrected chi connectivity index (χ1v) is 8.19. The fourth-order valence-electron chi connectivity index (χ4n) is 3.21. The first-order valence-electron chi connectivity index (χ1n) is 7.81. The highest BCUT2D eigenvalue weighted by atomic mass is 35.5. The van der Waals surface area contributed by atoms with Gasteiger partial charge in [-0.25, -0.2) is 0 Å². The van der Waals surface area contributed by atoms with Gasteiger partial charge in [-0.05, 0) is 36.8 Å². The van der Waals surface area contributed by atoms with E-state index in [2.05, 4.69) is 5.32 Å². The molecule has 2 aliphatic rings. The second kappa shape index (κ2) is 5.91. The molecule has 0 radical (unpaired) electrons. The van der Waals surface area contributed by atoms with Crippen molar-refractivity contribution in [2.75, 3.05) is 18.7 Å². The van der Waals surface area contributed by atoms with Crippen LogP contribution < -0.4 is 19.5 Å². The standard InChI is InChI=1S/C18H16ClNO4/c1-2-22-15-4-3-10(19)5-13(15)11-7-18(21)20-14-8-17-16(6-12(11)14)23-9-24-17/h3-6,8,11H,2,7,9H2,1H3,(H,20,21)/t11-/m0/s1. The molecule has 124 valence electrons. The third kappa shape index (κ3) is 2.55. The maximum atomic E-state index is 12.2. The van der Waals surface area contributed by atoms with Crippen LogP contribution in [0.15, 0.2) is 30.3 Å². The quantitative estimate of drug-likeness (QED) is 0.915. The van der Waals surface area contributed by atoms with Gasteiger partial charge in [0.05, 0.1) is 6.61 Å². The summed E-state index contributed by atoms with van der Waals surface area (Å²) in [5.41, 5.74) is 2.62. The predicted octanol–water partition coefficient (Wildman–Crippen LogP) is 3.94. The number of hydrogen-bond acceptors (Lipinski definition) is 4. The number of carbonyl (C=O) groups is 1. The van der Waals surface area contributed by atoms with E-state index in [1.165, 1.54) is 0 Å². The van der Waals surface area contributed by atoms with Crippen LogP contribution in [0.4, 0.5) is 5.69 Å². The summed E-state index contributed by atoms with van der Waals surface area (Å²) in [5, 5.41) is 3.52. The fraction of sp³-hybridized carbons (Fsp3) is 0.278. The van der Waals surface area contributed by atoms with Gasteiger partial charge in [0.1, 0.15) is 5.75 Å². The van der Waals surface area contributed by atoms with Crippen LogP contribution in [0.5, 0.6) is 17.2 Å². The lowest BCUT2D eigenvalue weighted by molar-refractivity contribution is -0.116. The molecule has 0 saturated carbocycles. The van der Waals surface area contributed by atoms with Gasteiger partial charge in [-0.2, -0.15) is 0 Å². The molecule has 2 aromatic rings. The van der Waals surface area contributed by atoms with Crippen molar-refractivity contribution >= 4 is 23.2 Å². The lowest BCUT2D eigenvalue weighted by Crippen LogP contribution is -2.23. The van der Waals surface area contributed by atoms with Crippen molar-refractivity contribution in [3.05, 3.63) is 46.5 Å². The second-order valence-electron chi connectivity index (χ2n) is 5.71. The molecule has 0 saturated heterocycles. The van der Waals surface area contributed by atoms with Gasteiger partial charge in [-0.15, -0.1) is 0 Å². The average molecular weight is 346 g/mol. The lowest BCUT2D eigenvalue weighted by atomic mass is 9.84. The Kier molecular flexibility index (Phi) is 3.73. The highest BCUT2D eigenvalue weighted by Crippen LogP contribution is 2.46. The van der Waals surface area contributed by atoms with E-state index in [9.17, 15) is 4.79 Å². The summed E-state index contributed by atoms with van der Waals surface area (Å²) < 4.78 is 16.6. The topological polar surface area (TPSA) is 56.8 Å². The molecule has 1 atom stereocenters. The van der Waals surface area contributed by atoms with Gasteiger partial charge in [0, 0.05) is 34.7 Å². The highest BCUT2D eigenvalue weighted by molar-refractivity contribution is 6.30. The molecule has 4 rings (SSSR count). The lowest BCUT2D eigenvalue weighted by Gasteiger charge is -2.27. The highest BCUT2D eigenvalue weighted by Gasteiger charge is 2.31. The molecule has 0 bridgehead atoms. The number of rotatable bonds is 3. The number of halogens is 1. The van der Waals surface area contributed by atoms with E-state index in [1.54, 1.807) is 6.07 Å². The Balaban J connectivity index is 1.86. The Morgan fingerprint density at radius 2 is 2.00 bits per heavy atom. The van der Waals surface area contributed by atoms with Crippen LogP contribution in [0.3, 0.4) is 0 Å². The Labute approximate surface area is 144 Å². The number of carbonyl (C=O) groups excluding carboxylic acids is 1. The van der Waals surface area contributed by atoms with Crippen molar-refractivity contribution in [1.82, 2.24) is 0 Å². The van der Waals surface area contributed by atoms with Crippen LogP contribution in [0.25, 0.3) is 0 Å². The smallest absolute Gasteiger partial charge is 0.231 e. The van der Waals surface area contributed by atoms with Crippen molar-refractivity contribution < 1.29 is 19.0 Å². The van der Waals surface area contributed by atoms with E-state index < -0.39 is 0 Å². The first-order chi connectivity index (χ1) is 11.7. The van der Waals surface area contributed by atoms with Crippen LogP contribution in [0.1, 0.15) is 30.4 Å². The Morgan fingerprint density at radius 1 is 1.21 bits per heavy atom. The van der Waals surface area contributed by atoms with Crippen LogP contribution in [0, 0.1) is 0 Å². The van der Waals surface area contributed by atoms with Gasteiger partial charge in [0.25, 0.3) is 0 Å². The van der Waals surface area contributed by atoms with Gasteiger partial charge in [0.15, 0.2) is 11.5 Å². The van der Waals surface area contributed by atoms with E-state index in [0.29, 0.717) is 29.5 Å². The minimum Gasteiger partial charge on any atom is -0.494 e. The maximum absolute atomic E-state index is 12.2. The Hall–Kier alpha value is -2.40. The number of amides is 1. The average Bonchev–Trinajstić information content (AvgIpc) is 3.01. The summed E-state index contributed by atoms with van der Waals surface area (Å²) in [6.07, 6.45) is 0.326. The molecular weight excluding hydrogens is 330 g/mol. The number of anilines is 1. The van der Waals surface area contributed by atoms with Gasteiger partial charge < -0.3 is 19.5 Å². The molecule has 0 aliphatic carbocycles. The van der Waals surface area contributed by atoms with E-state index in [0.717, 1.165) is 22.6 Å². The van der Waals surface area contributed by atoms with Crippen molar-refractivity contribution in [3.8, 4) is 17.2 Å². The zero-order valence-electron chi connectivity index (χ0n) is 13.1. The summed E-state index contributed by atoms with van der Waals surface area (Å²) in [6.45, 7) is 2.66. The fourth-order valence-corrected chi connectivity index (χ4v) is 3.39. The van der Waals surface area contributed by atoms with Crippen LogP contribution >= 0.6 is 11.6 Å². The number of hydrogen-bond donors (Lipinski definition) is 1. The first kappa shape index (κ1) is 15.1. The SMILES string of the molecule is CCOc1ccc(Cl)cc1[C@H]1CC(=O)Nc2cc3c(cc21)OCO3. The minimum absolute atomic E-state index is 0.0474. The van der Waals surface area contributed by atoms with Gasteiger partial charge in [0.2, 0.25) is 12.7 Å².